The molecule has 0 fully saturated rings. The highest BCUT2D eigenvalue weighted by Crippen LogP contribution is 2.22. The Kier molecular flexibility index (Phi) is 4.77. The molecule has 1 rings (SSSR count). The van der Waals surface area contributed by atoms with Crippen LogP contribution in [0.1, 0.15) is 31.7 Å². The van der Waals surface area contributed by atoms with Gasteiger partial charge >= 0.3 is 5.97 Å². The molecule has 0 aliphatic carbocycles. The Morgan fingerprint density at radius 1 is 1.31 bits per heavy atom. The maximum atomic E-state index is 11.7. The number of ether oxygens (including phenoxy) is 1. The lowest BCUT2D eigenvalue weighted by atomic mass is 9.95. The van der Waals surface area contributed by atoms with Crippen molar-refractivity contribution in [2.75, 3.05) is 7.11 Å². The van der Waals surface area contributed by atoms with E-state index in [-0.39, 0.29) is 11.9 Å². The molecule has 0 saturated heterocycles. The van der Waals surface area contributed by atoms with Gasteiger partial charge in [-0.15, -0.1) is 0 Å². The molecule has 1 aromatic carbocycles. The summed E-state index contributed by atoms with van der Waals surface area (Å²) in [6.07, 6.45) is 2.76. The van der Waals surface area contributed by atoms with Crippen LogP contribution >= 0.6 is 0 Å². The summed E-state index contributed by atoms with van der Waals surface area (Å²) in [4.78, 5) is 11.7. The van der Waals surface area contributed by atoms with Gasteiger partial charge in [-0.25, -0.2) is 0 Å². The van der Waals surface area contributed by atoms with Gasteiger partial charge in [0.25, 0.3) is 0 Å². The fourth-order valence-electron chi connectivity index (χ4n) is 1.55. The summed E-state index contributed by atoms with van der Waals surface area (Å²) in [5.41, 5.74) is 2.22. The number of hydrogen-bond donors (Lipinski definition) is 0. The van der Waals surface area contributed by atoms with Gasteiger partial charge in [0.15, 0.2) is 0 Å². The van der Waals surface area contributed by atoms with Crippen LogP contribution in [-0.2, 0) is 9.53 Å². The van der Waals surface area contributed by atoms with Gasteiger partial charge in [-0.05, 0) is 25.8 Å². The summed E-state index contributed by atoms with van der Waals surface area (Å²) >= 11 is 0. The van der Waals surface area contributed by atoms with E-state index in [0.29, 0.717) is 6.42 Å². The Morgan fingerprint density at radius 2 is 1.94 bits per heavy atom. The van der Waals surface area contributed by atoms with Crippen LogP contribution in [0.25, 0.3) is 0 Å². The van der Waals surface area contributed by atoms with Gasteiger partial charge in [-0.1, -0.05) is 42.0 Å². The van der Waals surface area contributed by atoms with Crippen LogP contribution in [-0.4, -0.2) is 13.1 Å². The van der Waals surface area contributed by atoms with Gasteiger partial charge in [-0.3, -0.25) is 4.79 Å². The quantitative estimate of drug-likeness (QED) is 0.572. The smallest absolute Gasteiger partial charge is 0.313 e. The van der Waals surface area contributed by atoms with Crippen molar-refractivity contribution in [1.29, 1.82) is 0 Å². The summed E-state index contributed by atoms with van der Waals surface area (Å²) < 4.78 is 4.83. The van der Waals surface area contributed by atoms with Crippen molar-refractivity contribution in [2.24, 2.45) is 0 Å². The zero-order valence-corrected chi connectivity index (χ0v) is 10.1. The number of esters is 1. The maximum absolute atomic E-state index is 11.7. The zero-order chi connectivity index (χ0) is 12.0. The number of allylic oxidation sites excluding steroid dienone is 2. The molecule has 1 atom stereocenters. The summed E-state index contributed by atoms with van der Waals surface area (Å²) in [6.45, 7) is 4.05. The Hall–Kier alpha value is -1.57. The molecule has 0 N–H and O–H groups in total. The summed E-state index contributed by atoms with van der Waals surface area (Å²) in [5, 5.41) is 0. The second kappa shape index (κ2) is 6.11. The molecule has 86 valence electrons. The molecule has 0 aliphatic rings. The van der Waals surface area contributed by atoms with Crippen LogP contribution in [0, 0.1) is 0 Å². The number of benzene rings is 1. The van der Waals surface area contributed by atoms with Gasteiger partial charge in [0, 0.05) is 0 Å². The Balaban J connectivity index is 2.88. The summed E-state index contributed by atoms with van der Waals surface area (Å²) in [5.74, 6) is -0.371. The van der Waals surface area contributed by atoms with Crippen molar-refractivity contribution in [3.8, 4) is 0 Å². The van der Waals surface area contributed by atoms with Crippen molar-refractivity contribution < 1.29 is 9.53 Å². The number of carbonyl (C=O) groups is 1. The second-order valence-corrected chi connectivity index (χ2v) is 4.00. The maximum Gasteiger partial charge on any atom is 0.313 e. The average Bonchev–Trinajstić information content (AvgIpc) is 2.30. The first-order chi connectivity index (χ1) is 7.65. The van der Waals surface area contributed by atoms with Gasteiger partial charge in [0.1, 0.15) is 0 Å². The van der Waals surface area contributed by atoms with Crippen molar-refractivity contribution in [2.45, 2.75) is 26.2 Å². The van der Waals surface area contributed by atoms with E-state index in [2.05, 4.69) is 6.08 Å². The second-order valence-electron chi connectivity index (χ2n) is 4.00. The monoisotopic (exact) mass is 218 g/mol. The number of carbonyl (C=O) groups excluding carboxylic acids is 1. The molecule has 2 nitrogen and oxygen atoms in total. The molecule has 16 heavy (non-hydrogen) atoms. The third kappa shape index (κ3) is 3.54. The molecule has 0 spiro atoms. The van der Waals surface area contributed by atoms with Crippen molar-refractivity contribution in [3.63, 3.8) is 0 Å². The van der Waals surface area contributed by atoms with E-state index in [4.69, 9.17) is 4.74 Å². The summed E-state index contributed by atoms with van der Waals surface area (Å²) in [7, 11) is 1.43. The average molecular weight is 218 g/mol. The lowest BCUT2D eigenvalue weighted by Crippen LogP contribution is -2.13. The zero-order valence-electron chi connectivity index (χ0n) is 10.1. The minimum Gasteiger partial charge on any atom is -0.469 e. The van der Waals surface area contributed by atoms with Crippen LogP contribution in [0.3, 0.4) is 0 Å². The van der Waals surface area contributed by atoms with Crippen molar-refractivity contribution in [1.82, 2.24) is 0 Å². The molecular weight excluding hydrogens is 200 g/mol. The number of rotatable bonds is 4. The van der Waals surface area contributed by atoms with Gasteiger partial charge in [0.2, 0.25) is 0 Å². The van der Waals surface area contributed by atoms with E-state index in [1.807, 2.05) is 44.2 Å². The Morgan fingerprint density at radius 3 is 2.44 bits per heavy atom. The highest BCUT2D eigenvalue weighted by atomic mass is 16.5. The lowest BCUT2D eigenvalue weighted by Gasteiger charge is -2.13. The van der Waals surface area contributed by atoms with E-state index in [1.54, 1.807) is 0 Å². The lowest BCUT2D eigenvalue weighted by molar-refractivity contribution is -0.142. The van der Waals surface area contributed by atoms with Gasteiger partial charge in [0.05, 0.1) is 13.0 Å². The molecule has 0 saturated carbocycles. The molecule has 0 heterocycles. The molecule has 0 aliphatic heterocycles. The number of methoxy groups -OCH3 is 1. The predicted octanol–water partition coefficient (Wildman–Crippen LogP) is 3.30. The van der Waals surface area contributed by atoms with E-state index in [0.717, 1.165) is 5.56 Å². The Labute approximate surface area is 96.9 Å². The highest BCUT2D eigenvalue weighted by molar-refractivity contribution is 5.78. The minimum absolute atomic E-state index is 0.177. The molecule has 0 aromatic heterocycles. The molecule has 2 heteroatoms. The molecular formula is C14H18O2. The van der Waals surface area contributed by atoms with Gasteiger partial charge < -0.3 is 4.74 Å². The highest BCUT2D eigenvalue weighted by Gasteiger charge is 2.19. The molecule has 0 bridgehead atoms. The van der Waals surface area contributed by atoms with E-state index in [9.17, 15) is 4.79 Å². The van der Waals surface area contributed by atoms with Gasteiger partial charge in [-0.2, -0.15) is 0 Å². The first kappa shape index (κ1) is 12.5. The molecule has 0 amide bonds. The SMILES string of the molecule is COC(=O)[C@@H](CC=C(C)C)c1ccccc1. The van der Waals surface area contributed by atoms with E-state index >= 15 is 0 Å². The van der Waals surface area contributed by atoms with Crippen LogP contribution in [0.5, 0.6) is 0 Å². The van der Waals surface area contributed by atoms with Crippen molar-refractivity contribution in [3.05, 3.63) is 47.5 Å². The largest absolute Gasteiger partial charge is 0.469 e. The third-order valence-corrected chi connectivity index (χ3v) is 2.45. The molecule has 1 aromatic rings. The third-order valence-electron chi connectivity index (χ3n) is 2.45. The first-order valence-electron chi connectivity index (χ1n) is 5.41. The summed E-state index contributed by atoms with van der Waals surface area (Å²) in [6, 6.07) is 9.74. The van der Waals surface area contributed by atoms with Crippen molar-refractivity contribution >= 4 is 5.97 Å². The fourth-order valence-corrected chi connectivity index (χ4v) is 1.55. The van der Waals surface area contributed by atoms with Crippen LogP contribution in [0.4, 0.5) is 0 Å². The first-order valence-corrected chi connectivity index (χ1v) is 5.41. The van der Waals surface area contributed by atoms with Crippen LogP contribution in [0.15, 0.2) is 42.0 Å². The topological polar surface area (TPSA) is 26.3 Å². The van der Waals surface area contributed by atoms with E-state index < -0.39 is 0 Å². The van der Waals surface area contributed by atoms with Crippen LogP contribution in [0.2, 0.25) is 0 Å². The molecule has 0 radical (unpaired) electrons. The fraction of sp³-hybridized carbons (Fsp3) is 0.357. The Bertz CT molecular complexity index is 362. The predicted molar refractivity (Wildman–Crippen MR) is 65.2 cm³/mol. The minimum atomic E-state index is -0.193. The van der Waals surface area contributed by atoms with E-state index in [1.165, 1.54) is 12.7 Å². The molecule has 0 unspecified atom stereocenters. The standard InChI is InChI=1S/C14H18O2/c1-11(2)9-10-13(14(15)16-3)12-7-5-4-6-8-12/h4-9,13H,10H2,1-3H3/t13-/m0/s1. The normalized spacial score (nSPS) is 11.7. The number of hydrogen-bond acceptors (Lipinski definition) is 2. The van der Waals surface area contributed by atoms with Crippen LogP contribution < -0.4 is 0 Å².